The summed E-state index contributed by atoms with van der Waals surface area (Å²) >= 11 is 0. The molecule has 1 aliphatic heterocycles. The average molecular weight is 492 g/mol. The Morgan fingerprint density at radius 3 is 1.92 bits per heavy atom. The summed E-state index contributed by atoms with van der Waals surface area (Å²) in [5, 5.41) is 0. The molecule has 4 rings (SSSR count). The lowest BCUT2D eigenvalue weighted by Crippen LogP contribution is -2.41. The van der Waals surface area contributed by atoms with E-state index >= 15 is 0 Å². The predicted molar refractivity (Wildman–Crippen MR) is 139 cm³/mol. The van der Waals surface area contributed by atoms with Gasteiger partial charge in [-0.15, -0.1) is 0 Å². The SMILES string of the molecule is CCOc1cc2c(cc1OCC)[C@H](c1cc(OC)c(OC)c(OC)c1)N(c1ccc(C)cc1)C(=O)C2. The zero-order valence-corrected chi connectivity index (χ0v) is 21.7. The lowest BCUT2D eigenvalue weighted by Gasteiger charge is -2.38. The molecule has 0 saturated heterocycles. The molecule has 36 heavy (non-hydrogen) atoms. The molecule has 0 fully saturated rings. The predicted octanol–water partition coefficient (Wildman–Crippen LogP) is 5.50. The number of fused-ring (bicyclic) bond motifs is 1. The molecular formula is C29H33NO6. The fraction of sp³-hybridized carbons (Fsp3) is 0.345. The van der Waals surface area contributed by atoms with E-state index in [1.807, 2.05) is 74.2 Å². The minimum Gasteiger partial charge on any atom is -0.493 e. The van der Waals surface area contributed by atoms with Crippen LogP contribution in [0, 0.1) is 6.92 Å². The molecule has 0 spiro atoms. The number of carbonyl (C=O) groups excluding carboxylic acids is 1. The average Bonchev–Trinajstić information content (AvgIpc) is 2.88. The van der Waals surface area contributed by atoms with Crippen LogP contribution in [0.15, 0.2) is 48.5 Å². The van der Waals surface area contributed by atoms with E-state index in [0.29, 0.717) is 42.0 Å². The van der Waals surface area contributed by atoms with Gasteiger partial charge < -0.3 is 28.6 Å². The van der Waals surface area contributed by atoms with Crippen molar-refractivity contribution in [1.82, 2.24) is 0 Å². The molecule has 0 saturated carbocycles. The van der Waals surface area contributed by atoms with Gasteiger partial charge in [0.25, 0.3) is 0 Å². The second-order valence-corrected chi connectivity index (χ2v) is 8.50. The Balaban J connectivity index is 1.99. The second kappa shape index (κ2) is 10.8. The second-order valence-electron chi connectivity index (χ2n) is 8.50. The zero-order chi connectivity index (χ0) is 25.8. The highest BCUT2D eigenvalue weighted by molar-refractivity contribution is 5.98. The van der Waals surface area contributed by atoms with E-state index in [4.69, 9.17) is 23.7 Å². The first-order chi connectivity index (χ1) is 17.4. The van der Waals surface area contributed by atoms with Gasteiger partial charge in [-0.3, -0.25) is 4.79 Å². The summed E-state index contributed by atoms with van der Waals surface area (Å²) in [5.74, 6) is 2.80. The smallest absolute Gasteiger partial charge is 0.232 e. The maximum Gasteiger partial charge on any atom is 0.232 e. The van der Waals surface area contributed by atoms with E-state index in [1.165, 1.54) is 0 Å². The van der Waals surface area contributed by atoms with Gasteiger partial charge in [-0.25, -0.2) is 0 Å². The molecule has 7 nitrogen and oxygen atoms in total. The van der Waals surface area contributed by atoms with Gasteiger partial charge in [0.1, 0.15) is 0 Å². The molecule has 0 radical (unpaired) electrons. The van der Waals surface area contributed by atoms with E-state index in [0.717, 1.165) is 27.9 Å². The third-order valence-corrected chi connectivity index (χ3v) is 6.28. The molecule has 190 valence electrons. The largest absolute Gasteiger partial charge is 0.493 e. The normalized spacial score (nSPS) is 14.8. The van der Waals surface area contributed by atoms with Crippen LogP contribution >= 0.6 is 0 Å². The summed E-state index contributed by atoms with van der Waals surface area (Å²) in [6, 6.07) is 15.2. The Morgan fingerprint density at radius 2 is 1.39 bits per heavy atom. The number of methoxy groups -OCH3 is 3. The molecule has 0 unspecified atom stereocenters. The van der Waals surface area contributed by atoms with E-state index in [1.54, 1.807) is 21.3 Å². The lowest BCUT2D eigenvalue weighted by atomic mass is 9.86. The molecule has 1 atom stereocenters. The highest BCUT2D eigenvalue weighted by atomic mass is 16.5. The monoisotopic (exact) mass is 491 g/mol. The molecule has 3 aromatic carbocycles. The Kier molecular flexibility index (Phi) is 7.58. The van der Waals surface area contributed by atoms with Crippen LogP contribution in [0.5, 0.6) is 28.7 Å². The van der Waals surface area contributed by atoms with Crippen LogP contribution in [0.25, 0.3) is 0 Å². The number of carbonyl (C=O) groups is 1. The molecule has 3 aromatic rings. The molecular weight excluding hydrogens is 458 g/mol. The van der Waals surface area contributed by atoms with Gasteiger partial charge in [-0.2, -0.15) is 0 Å². The van der Waals surface area contributed by atoms with Crippen molar-refractivity contribution in [2.75, 3.05) is 39.4 Å². The Hall–Kier alpha value is -3.87. The Morgan fingerprint density at radius 1 is 0.806 bits per heavy atom. The summed E-state index contributed by atoms with van der Waals surface area (Å²) in [6.07, 6.45) is 0.247. The van der Waals surface area contributed by atoms with E-state index < -0.39 is 6.04 Å². The van der Waals surface area contributed by atoms with Crippen molar-refractivity contribution in [2.24, 2.45) is 0 Å². The van der Waals surface area contributed by atoms with Crippen LogP contribution < -0.4 is 28.6 Å². The van der Waals surface area contributed by atoms with Crippen LogP contribution in [0.4, 0.5) is 5.69 Å². The maximum atomic E-state index is 13.7. The highest BCUT2D eigenvalue weighted by Crippen LogP contribution is 2.47. The highest BCUT2D eigenvalue weighted by Gasteiger charge is 2.37. The van der Waals surface area contributed by atoms with Crippen molar-refractivity contribution in [3.05, 3.63) is 70.8 Å². The van der Waals surface area contributed by atoms with Crippen LogP contribution in [0.1, 0.15) is 42.1 Å². The van der Waals surface area contributed by atoms with Crippen LogP contribution in [0.2, 0.25) is 0 Å². The van der Waals surface area contributed by atoms with Crippen LogP contribution in [0.3, 0.4) is 0 Å². The number of amides is 1. The molecule has 0 bridgehead atoms. The molecule has 7 heteroatoms. The summed E-state index contributed by atoms with van der Waals surface area (Å²) in [6.45, 7) is 6.89. The Bertz CT molecular complexity index is 1210. The first-order valence-corrected chi connectivity index (χ1v) is 12.1. The summed E-state index contributed by atoms with van der Waals surface area (Å²) in [4.78, 5) is 15.5. The maximum absolute atomic E-state index is 13.7. The third kappa shape index (κ3) is 4.65. The van der Waals surface area contributed by atoms with Gasteiger partial charge in [-0.1, -0.05) is 17.7 Å². The van der Waals surface area contributed by atoms with Crippen molar-refractivity contribution in [3.8, 4) is 28.7 Å². The van der Waals surface area contributed by atoms with Crippen LogP contribution in [-0.2, 0) is 11.2 Å². The van der Waals surface area contributed by atoms with Gasteiger partial charge in [0.05, 0.1) is 47.0 Å². The standard InChI is InChI=1S/C29H33NO6/c1-7-35-23-13-19-16-27(31)30(21-11-9-18(3)10-12-21)28(22(19)17-24(23)36-8-2)20-14-25(32-4)29(34-6)26(15-20)33-5/h9-15,17,28H,7-8,16H2,1-6H3/t28-/m0/s1. The number of anilines is 1. The molecule has 0 aliphatic carbocycles. The number of hydrogen-bond donors (Lipinski definition) is 0. The van der Waals surface area contributed by atoms with Crippen molar-refractivity contribution in [2.45, 2.75) is 33.2 Å². The summed E-state index contributed by atoms with van der Waals surface area (Å²) in [5.41, 5.74) is 4.60. The number of aryl methyl sites for hydroxylation is 1. The van der Waals surface area contributed by atoms with Crippen molar-refractivity contribution < 1.29 is 28.5 Å². The first-order valence-electron chi connectivity index (χ1n) is 12.1. The number of nitrogens with zero attached hydrogens (tertiary/aromatic N) is 1. The van der Waals surface area contributed by atoms with E-state index in [9.17, 15) is 4.79 Å². The molecule has 1 heterocycles. The van der Waals surface area contributed by atoms with Gasteiger partial charge in [0, 0.05) is 5.69 Å². The van der Waals surface area contributed by atoms with Gasteiger partial charge in [-0.05, 0) is 73.9 Å². The fourth-order valence-electron chi connectivity index (χ4n) is 4.68. The number of benzene rings is 3. The molecule has 1 amide bonds. The quantitative estimate of drug-likeness (QED) is 0.394. The summed E-state index contributed by atoms with van der Waals surface area (Å²) < 4.78 is 28.6. The third-order valence-electron chi connectivity index (χ3n) is 6.28. The van der Waals surface area contributed by atoms with Crippen molar-refractivity contribution >= 4 is 11.6 Å². The van der Waals surface area contributed by atoms with E-state index in [2.05, 4.69) is 0 Å². The minimum atomic E-state index is -0.451. The minimum absolute atomic E-state index is 0.0169. The topological polar surface area (TPSA) is 66.5 Å². The molecule has 1 aliphatic rings. The summed E-state index contributed by atoms with van der Waals surface area (Å²) in [7, 11) is 4.74. The van der Waals surface area contributed by atoms with Gasteiger partial charge >= 0.3 is 0 Å². The number of ether oxygens (including phenoxy) is 5. The number of rotatable bonds is 9. The number of hydrogen-bond acceptors (Lipinski definition) is 6. The van der Waals surface area contributed by atoms with Crippen molar-refractivity contribution in [3.63, 3.8) is 0 Å². The lowest BCUT2D eigenvalue weighted by molar-refractivity contribution is -0.118. The zero-order valence-electron chi connectivity index (χ0n) is 21.7. The van der Waals surface area contributed by atoms with Crippen LogP contribution in [-0.4, -0.2) is 40.5 Å². The Labute approximate surface area is 212 Å². The fourth-order valence-corrected chi connectivity index (χ4v) is 4.68. The van der Waals surface area contributed by atoms with Gasteiger partial charge in [0.15, 0.2) is 23.0 Å². The van der Waals surface area contributed by atoms with Crippen molar-refractivity contribution in [1.29, 1.82) is 0 Å². The molecule has 0 N–H and O–H groups in total. The molecule has 0 aromatic heterocycles. The first kappa shape index (κ1) is 25.2. The van der Waals surface area contributed by atoms with E-state index in [-0.39, 0.29) is 12.3 Å². The van der Waals surface area contributed by atoms with Gasteiger partial charge in [0.2, 0.25) is 11.7 Å².